The molecular formula is C28H23F4N3O7S. The maximum atomic E-state index is 14.9. The molecule has 4 atom stereocenters. The number of aromatic nitrogens is 1. The number of carbonyl (C=O) groups is 3. The highest BCUT2D eigenvalue weighted by atomic mass is 32.2. The Bertz CT molecular complexity index is 1770. The highest BCUT2D eigenvalue weighted by Gasteiger charge is 2.49. The predicted octanol–water partition coefficient (Wildman–Crippen LogP) is 4.38. The van der Waals surface area contributed by atoms with Crippen molar-refractivity contribution >= 4 is 33.3 Å². The topological polar surface area (TPSA) is 155 Å². The lowest BCUT2D eigenvalue weighted by molar-refractivity contribution is -0.121. The summed E-state index contributed by atoms with van der Waals surface area (Å²) in [5, 5.41) is 14.4. The molecule has 43 heavy (non-hydrogen) atoms. The van der Waals surface area contributed by atoms with Crippen LogP contribution in [0.15, 0.2) is 65.7 Å². The van der Waals surface area contributed by atoms with E-state index in [0.717, 1.165) is 18.2 Å². The second kappa shape index (κ2) is 10.9. The van der Waals surface area contributed by atoms with E-state index in [1.807, 2.05) is 6.08 Å². The second-order valence-corrected chi connectivity index (χ2v) is 12.0. The molecule has 2 amide bonds. The van der Waals surface area contributed by atoms with Crippen LogP contribution in [-0.4, -0.2) is 55.0 Å². The van der Waals surface area contributed by atoms with Crippen molar-refractivity contribution in [2.45, 2.75) is 22.9 Å². The lowest BCUT2D eigenvalue weighted by atomic mass is 9.87. The zero-order valence-electron chi connectivity index (χ0n) is 22.1. The standard InChI is InChI=1S/C28H23F4N3O7S/c1-42-22-11-20(29)18(15-8-21(27(38)39)33-12-15)10-19(22)25(36)35-24-14-6-5-13(7-14)23(24)26(37)34-16-3-2-4-17(9-16)43(40,41)28(30,31)32/h2-6,8-14,23-24,33H,7H2,1H3,(H,34,37)(H,35,36)(H,38,39)/t13-,14+,23+,24-/m0/s1. The number of aromatic amines is 1. The highest BCUT2D eigenvalue weighted by molar-refractivity contribution is 7.92. The zero-order chi connectivity index (χ0) is 31.3. The Morgan fingerprint density at radius 2 is 1.79 bits per heavy atom. The summed E-state index contributed by atoms with van der Waals surface area (Å²) in [5.41, 5.74) is -5.90. The van der Waals surface area contributed by atoms with Crippen molar-refractivity contribution in [1.29, 1.82) is 0 Å². The summed E-state index contributed by atoms with van der Waals surface area (Å²) in [6, 6.07) is 6.38. The second-order valence-electron chi connectivity index (χ2n) is 10.1. The van der Waals surface area contributed by atoms with Gasteiger partial charge in [0.2, 0.25) is 5.91 Å². The lowest BCUT2D eigenvalue weighted by Gasteiger charge is -2.28. The van der Waals surface area contributed by atoms with Gasteiger partial charge in [0, 0.05) is 35.1 Å². The fourth-order valence-corrected chi connectivity index (χ4v) is 6.31. The summed E-state index contributed by atoms with van der Waals surface area (Å²) in [6.07, 6.45) is 5.39. The number of anilines is 1. The smallest absolute Gasteiger partial charge is 0.496 e. The number of fused-ring (bicyclic) bond motifs is 2. The van der Waals surface area contributed by atoms with Gasteiger partial charge in [-0.05, 0) is 48.6 Å². The third-order valence-corrected chi connectivity index (χ3v) is 9.02. The minimum atomic E-state index is -5.64. The summed E-state index contributed by atoms with van der Waals surface area (Å²) in [6.45, 7) is 0. The van der Waals surface area contributed by atoms with E-state index in [4.69, 9.17) is 4.74 Å². The fourth-order valence-electron chi connectivity index (χ4n) is 5.50. The number of nitrogens with one attached hydrogen (secondary N) is 3. The summed E-state index contributed by atoms with van der Waals surface area (Å²) >= 11 is 0. The van der Waals surface area contributed by atoms with Crippen LogP contribution in [-0.2, 0) is 14.6 Å². The van der Waals surface area contributed by atoms with Gasteiger partial charge in [0.05, 0.1) is 23.5 Å². The number of allylic oxidation sites excluding steroid dienone is 1. The van der Waals surface area contributed by atoms with Crippen LogP contribution in [0.3, 0.4) is 0 Å². The van der Waals surface area contributed by atoms with Crippen LogP contribution in [0, 0.1) is 23.6 Å². The minimum absolute atomic E-state index is 0.0782. The molecule has 2 bridgehead atoms. The van der Waals surface area contributed by atoms with Gasteiger partial charge in [0.25, 0.3) is 15.7 Å². The Hall–Kier alpha value is -4.66. The van der Waals surface area contributed by atoms with E-state index in [2.05, 4.69) is 15.6 Å². The van der Waals surface area contributed by atoms with Crippen LogP contribution in [0.4, 0.5) is 23.2 Å². The van der Waals surface area contributed by atoms with Gasteiger partial charge in [-0.15, -0.1) is 0 Å². The first-order valence-corrected chi connectivity index (χ1v) is 14.2. The third-order valence-electron chi connectivity index (χ3n) is 7.53. The molecule has 0 radical (unpaired) electrons. The van der Waals surface area contributed by atoms with Crippen molar-refractivity contribution in [3.8, 4) is 16.9 Å². The number of amides is 2. The predicted molar refractivity (Wildman–Crippen MR) is 143 cm³/mol. The number of hydrogen-bond donors (Lipinski definition) is 4. The molecule has 2 aliphatic rings. The number of carboxylic acid groups (broad SMARTS) is 1. The molecule has 1 aromatic heterocycles. The van der Waals surface area contributed by atoms with Crippen LogP contribution in [0.25, 0.3) is 11.1 Å². The molecular weight excluding hydrogens is 598 g/mol. The molecule has 0 spiro atoms. The van der Waals surface area contributed by atoms with Crippen molar-refractivity contribution < 1.29 is 50.2 Å². The van der Waals surface area contributed by atoms with Crippen LogP contribution >= 0.6 is 0 Å². The summed E-state index contributed by atoms with van der Waals surface area (Å²) in [7, 11) is -4.42. The van der Waals surface area contributed by atoms with Crippen LogP contribution in [0.2, 0.25) is 0 Å². The molecule has 15 heteroatoms. The maximum absolute atomic E-state index is 14.9. The molecule has 2 aliphatic carbocycles. The Morgan fingerprint density at radius 1 is 1.07 bits per heavy atom. The number of benzene rings is 2. The highest BCUT2D eigenvalue weighted by Crippen LogP contribution is 2.45. The van der Waals surface area contributed by atoms with Crippen molar-refractivity contribution in [2.24, 2.45) is 17.8 Å². The molecule has 2 aromatic carbocycles. The molecule has 0 unspecified atom stereocenters. The fraction of sp³-hybridized carbons (Fsp3) is 0.250. The Labute approximate surface area is 241 Å². The Kier molecular flexibility index (Phi) is 7.54. The molecule has 5 rings (SSSR count). The number of carboxylic acids is 1. The average molecular weight is 622 g/mol. The van der Waals surface area contributed by atoms with Gasteiger partial charge < -0.3 is 25.5 Å². The normalized spacial score (nSPS) is 21.0. The Morgan fingerprint density at radius 3 is 2.44 bits per heavy atom. The monoisotopic (exact) mass is 621 g/mol. The first-order chi connectivity index (χ1) is 20.2. The number of alkyl halides is 3. The van der Waals surface area contributed by atoms with E-state index >= 15 is 0 Å². The van der Waals surface area contributed by atoms with Gasteiger partial charge in [-0.2, -0.15) is 13.2 Å². The number of carbonyl (C=O) groups excluding carboxylic acids is 2. The number of sulfone groups is 1. The summed E-state index contributed by atoms with van der Waals surface area (Å²) < 4.78 is 82.8. The largest absolute Gasteiger partial charge is 0.501 e. The van der Waals surface area contributed by atoms with Crippen LogP contribution in [0.1, 0.15) is 27.3 Å². The maximum Gasteiger partial charge on any atom is 0.501 e. The number of H-pyrrole nitrogens is 1. The first kappa shape index (κ1) is 29.8. The molecule has 4 N–H and O–H groups in total. The molecule has 1 fully saturated rings. The molecule has 10 nitrogen and oxygen atoms in total. The summed E-state index contributed by atoms with van der Waals surface area (Å²) in [4.78, 5) is 39.6. The van der Waals surface area contributed by atoms with Gasteiger partial charge in [-0.1, -0.05) is 18.2 Å². The summed E-state index contributed by atoms with van der Waals surface area (Å²) in [5.74, 6) is -4.98. The number of methoxy groups -OCH3 is 1. The first-order valence-electron chi connectivity index (χ1n) is 12.7. The van der Waals surface area contributed by atoms with Gasteiger partial charge in [-0.3, -0.25) is 9.59 Å². The van der Waals surface area contributed by atoms with Gasteiger partial charge >= 0.3 is 11.5 Å². The van der Waals surface area contributed by atoms with Crippen LogP contribution in [0.5, 0.6) is 5.75 Å². The SMILES string of the molecule is COc1cc(F)c(-c2c[nH]c(C(=O)O)c2)cc1C(=O)N[C@@H]1[C@H](C(=O)Nc2cccc(S(=O)(=O)C(F)(F)F)c2)[C@H]2C=C[C@@H]1C2. The number of hydrogen-bond acceptors (Lipinski definition) is 6. The van der Waals surface area contributed by atoms with Crippen molar-refractivity contribution in [3.63, 3.8) is 0 Å². The van der Waals surface area contributed by atoms with E-state index in [0.29, 0.717) is 12.5 Å². The number of aromatic carboxylic acids is 1. The molecule has 226 valence electrons. The van der Waals surface area contributed by atoms with Gasteiger partial charge in [0.15, 0.2) is 0 Å². The number of ether oxygens (including phenoxy) is 1. The Balaban J connectivity index is 1.40. The van der Waals surface area contributed by atoms with E-state index in [1.165, 1.54) is 31.5 Å². The third kappa shape index (κ3) is 5.47. The molecule has 3 aromatic rings. The zero-order valence-corrected chi connectivity index (χ0v) is 22.9. The lowest BCUT2D eigenvalue weighted by Crippen LogP contribution is -2.47. The van der Waals surface area contributed by atoms with E-state index < -0.39 is 55.8 Å². The quantitative estimate of drug-likeness (QED) is 0.215. The van der Waals surface area contributed by atoms with Gasteiger partial charge in [-0.25, -0.2) is 17.6 Å². The van der Waals surface area contributed by atoms with Gasteiger partial charge in [0.1, 0.15) is 17.3 Å². The minimum Gasteiger partial charge on any atom is -0.496 e. The van der Waals surface area contributed by atoms with Crippen molar-refractivity contribution in [1.82, 2.24) is 10.3 Å². The molecule has 1 saturated carbocycles. The van der Waals surface area contributed by atoms with Crippen molar-refractivity contribution in [3.05, 3.63) is 77.9 Å². The molecule has 1 heterocycles. The van der Waals surface area contributed by atoms with Crippen molar-refractivity contribution in [2.75, 3.05) is 12.4 Å². The number of halogens is 4. The average Bonchev–Trinajstić information content (AvgIpc) is 3.69. The van der Waals surface area contributed by atoms with E-state index in [1.54, 1.807) is 6.08 Å². The molecule has 0 aliphatic heterocycles. The van der Waals surface area contributed by atoms with E-state index in [-0.39, 0.29) is 45.7 Å². The van der Waals surface area contributed by atoms with E-state index in [9.17, 15) is 45.5 Å². The van der Waals surface area contributed by atoms with Crippen LogP contribution < -0.4 is 15.4 Å². The molecule has 0 saturated heterocycles. The number of rotatable bonds is 8.